The van der Waals surface area contributed by atoms with E-state index in [1.807, 2.05) is 12.1 Å². The van der Waals surface area contributed by atoms with Crippen molar-refractivity contribution < 1.29 is 18.9 Å². The number of rotatable bonds is 9. The zero-order chi connectivity index (χ0) is 21.5. The maximum absolute atomic E-state index is 6.21. The second-order valence-corrected chi connectivity index (χ2v) is 7.95. The van der Waals surface area contributed by atoms with Crippen LogP contribution in [0.3, 0.4) is 0 Å². The molecule has 0 bridgehead atoms. The van der Waals surface area contributed by atoms with Gasteiger partial charge in [-0.2, -0.15) is 0 Å². The number of benzene rings is 1. The van der Waals surface area contributed by atoms with Crippen molar-refractivity contribution in [1.29, 1.82) is 0 Å². The third kappa shape index (κ3) is 5.74. The summed E-state index contributed by atoms with van der Waals surface area (Å²) in [5.74, 6) is 2.37. The summed E-state index contributed by atoms with van der Waals surface area (Å²) < 4.78 is 22.7. The van der Waals surface area contributed by atoms with Crippen molar-refractivity contribution in [2.45, 2.75) is 0 Å². The first-order valence-corrected chi connectivity index (χ1v) is 11.0. The smallest absolute Gasteiger partial charge is 0.163 e. The Morgan fingerprint density at radius 2 is 1.65 bits per heavy atom. The normalized spacial score (nSPS) is 18.5. The van der Waals surface area contributed by atoms with Gasteiger partial charge in [0.2, 0.25) is 0 Å². The van der Waals surface area contributed by atoms with Gasteiger partial charge in [-0.05, 0) is 13.1 Å². The number of hydrogen-bond donors (Lipinski definition) is 0. The minimum Gasteiger partial charge on any atom is -0.488 e. The predicted octanol–water partition coefficient (Wildman–Crippen LogP) is 1.12. The zero-order valence-corrected chi connectivity index (χ0v) is 18.6. The van der Waals surface area contributed by atoms with Gasteiger partial charge in [-0.1, -0.05) is 0 Å². The first-order chi connectivity index (χ1) is 15.2. The number of hydrogen-bond acceptors (Lipinski definition) is 9. The molecule has 2 aliphatic heterocycles. The highest BCUT2D eigenvalue weighted by Gasteiger charge is 2.20. The Hall–Kier alpha value is -2.20. The van der Waals surface area contributed by atoms with E-state index in [0.717, 1.165) is 81.5 Å². The molecule has 0 amide bonds. The number of methoxy groups -OCH3 is 1. The van der Waals surface area contributed by atoms with E-state index in [0.29, 0.717) is 25.6 Å². The molecule has 9 heteroatoms. The molecule has 2 aromatic rings. The van der Waals surface area contributed by atoms with Crippen LogP contribution >= 0.6 is 0 Å². The summed E-state index contributed by atoms with van der Waals surface area (Å²) in [7, 11) is 3.82. The molecular weight excluding hydrogens is 398 g/mol. The van der Waals surface area contributed by atoms with Crippen LogP contribution in [0.25, 0.3) is 10.9 Å². The lowest BCUT2D eigenvalue weighted by Crippen LogP contribution is -2.44. The zero-order valence-electron chi connectivity index (χ0n) is 18.6. The lowest BCUT2D eigenvalue weighted by atomic mass is 10.2. The molecule has 3 heterocycles. The van der Waals surface area contributed by atoms with E-state index in [2.05, 4.69) is 31.7 Å². The van der Waals surface area contributed by atoms with Crippen LogP contribution in [-0.4, -0.2) is 113 Å². The SMILES string of the molecule is COCCOc1cc2ncnc(N3CCN(C)CC3)c2cc1OCCN1CCOCC1. The molecule has 2 fully saturated rings. The summed E-state index contributed by atoms with van der Waals surface area (Å²) >= 11 is 0. The minimum absolute atomic E-state index is 0.457. The molecule has 0 N–H and O–H groups in total. The van der Waals surface area contributed by atoms with E-state index in [4.69, 9.17) is 18.9 Å². The van der Waals surface area contributed by atoms with Crippen LogP contribution in [0.1, 0.15) is 0 Å². The number of aromatic nitrogens is 2. The summed E-state index contributed by atoms with van der Waals surface area (Å²) in [6.07, 6.45) is 1.63. The van der Waals surface area contributed by atoms with Crippen LogP contribution in [0.2, 0.25) is 0 Å². The van der Waals surface area contributed by atoms with E-state index in [1.54, 1.807) is 13.4 Å². The molecule has 0 aliphatic carbocycles. The molecule has 0 atom stereocenters. The topological polar surface area (TPSA) is 72.4 Å². The summed E-state index contributed by atoms with van der Waals surface area (Å²) in [5.41, 5.74) is 0.858. The Morgan fingerprint density at radius 1 is 0.903 bits per heavy atom. The van der Waals surface area contributed by atoms with Crippen LogP contribution in [0.5, 0.6) is 11.5 Å². The number of ether oxygens (including phenoxy) is 4. The number of anilines is 1. The van der Waals surface area contributed by atoms with E-state index < -0.39 is 0 Å². The Kier molecular flexibility index (Phi) is 7.74. The number of nitrogens with zero attached hydrogens (tertiary/aromatic N) is 5. The van der Waals surface area contributed by atoms with Crippen molar-refractivity contribution in [2.75, 3.05) is 97.9 Å². The molecule has 2 saturated heterocycles. The van der Waals surface area contributed by atoms with Crippen molar-refractivity contribution in [1.82, 2.24) is 19.8 Å². The van der Waals surface area contributed by atoms with E-state index in [1.165, 1.54) is 0 Å². The Balaban J connectivity index is 1.55. The van der Waals surface area contributed by atoms with Gasteiger partial charge in [-0.15, -0.1) is 0 Å². The molecular formula is C22H33N5O4. The fourth-order valence-corrected chi connectivity index (χ4v) is 3.89. The quantitative estimate of drug-likeness (QED) is 0.543. The Labute approximate surface area is 183 Å². The van der Waals surface area contributed by atoms with Crippen molar-refractivity contribution in [2.24, 2.45) is 0 Å². The third-order valence-corrected chi connectivity index (χ3v) is 5.80. The van der Waals surface area contributed by atoms with Gasteiger partial charge in [0, 0.05) is 64.4 Å². The maximum atomic E-state index is 6.21. The molecule has 170 valence electrons. The lowest BCUT2D eigenvalue weighted by molar-refractivity contribution is 0.0320. The second kappa shape index (κ2) is 10.9. The Morgan fingerprint density at radius 3 is 2.42 bits per heavy atom. The van der Waals surface area contributed by atoms with Crippen molar-refractivity contribution >= 4 is 16.7 Å². The lowest BCUT2D eigenvalue weighted by Gasteiger charge is -2.33. The maximum Gasteiger partial charge on any atom is 0.163 e. The first-order valence-electron chi connectivity index (χ1n) is 11.0. The van der Waals surface area contributed by atoms with Gasteiger partial charge in [0.25, 0.3) is 0 Å². The average molecular weight is 432 g/mol. The van der Waals surface area contributed by atoms with E-state index in [9.17, 15) is 0 Å². The van der Waals surface area contributed by atoms with Gasteiger partial charge in [-0.25, -0.2) is 9.97 Å². The summed E-state index contributed by atoms with van der Waals surface area (Å²) in [5, 5.41) is 0.993. The predicted molar refractivity (Wildman–Crippen MR) is 119 cm³/mol. The molecule has 0 saturated carbocycles. The number of likely N-dealkylation sites (N-methyl/N-ethyl adjacent to an activating group) is 1. The molecule has 1 aromatic carbocycles. The number of morpholine rings is 1. The molecule has 4 rings (SSSR count). The third-order valence-electron chi connectivity index (χ3n) is 5.80. The van der Waals surface area contributed by atoms with E-state index >= 15 is 0 Å². The number of fused-ring (bicyclic) bond motifs is 1. The van der Waals surface area contributed by atoms with Crippen molar-refractivity contribution in [3.8, 4) is 11.5 Å². The standard InChI is InChI=1S/C22H33N5O4/c1-25-3-5-27(6-4-25)22-18-15-20(30-12-9-26-7-10-29-11-8-26)21(31-14-13-28-2)16-19(18)23-17-24-22/h15-17H,3-14H2,1-2H3. The molecule has 1 aromatic heterocycles. The van der Waals surface area contributed by atoms with Gasteiger partial charge < -0.3 is 28.7 Å². The largest absolute Gasteiger partial charge is 0.488 e. The van der Waals surface area contributed by atoms with Crippen LogP contribution in [0, 0.1) is 0 Å². The Bertz CT molecular complexity index is 838. The highest BCUT2D eigenvalue weighted by atomic mass is 16.5. The van der Waals surface area contributed by atoms with Crippen LogP contribution < -0.4 is 14.4 Å². The van der Waals surface area contributed by atoms with Crippen LogP contribution in [0.4, 0.5) is 5.82 Å². The highest BCUT2D eigenvalue weighted by Crippen LogP contribution is 2.35. The van der Waals surface area contributed by atoms with Gasteiger partial charge in [-0.3, -0.25) is 4.90 Å². The number of piperazine rings is 1. The van der Waals surface area contributed by atoms with Gasteiger partial charge >= 0.3 is 0 Å². The van der Waals surface area contributed by atoms with E-state index in [-0.39, 0.29) is 0 Å². The molecule has 9 nitrogen and oxygen atoms in total. The first kappa shape index (κ1) is 22.0. The molecule has 2 aliphatic rings. The van der Waals surface area contributed by atoms with Gasteiger partial charge in [0.1, 0.15) is 25.4 Å². The monoisotopic (exact) mass is 431 g/mol. The fourth-order valence-electron chi connectivity index (χ4n) is 3.89. The minimum atomic E-state index is 0.457. The van der Waals surface area contributed by atoms with Gasteiger partial charge in [0.05, 0.1) is 25.3 Å². The van der Waals surface area contributed by atoms with Crippen molar-refractivity contribution in [3.05, 3.63) is 18.5 Å². The van der Waals surface area contributed by atoms with Crippen LogP contribution in [-0.2, 0) is 9.47 Å². The molecule has 0 spiro atoms. The fraction of sp³-hybridized carbons (Fsp3) is 0.636. The molecule has 0 unspecified atom stereocenters. The summed E-state index contributed by atoms with van der Waals surface area (Å²) in [6.45, 7) is 9.81. The van der Waals surface area contributed by atoms with Crippen LogP contribution in [0.15, 0.2) is 18.5 Å². The van der Waals surface area contributed by atoms with Gasteiger partial charge in [0.15, 0.2) is 11.5 Å². The molecule has 31 heavy (non-hydrogen) atoms. The second-order valence-electron chi connectivity index (χ2n) is 7.95. The average Bonchev–Trinajstić information content (AvgIpc) is 2.80. The highest BCUT2D eigenvalue weighted by molar-refractivity contribution is 5.92. The summed E-state index contributed by atoms with van der Waals surface area (Å²) in [4.78, 5) is 16.1. The molecule has 0 radical (unpaired) electrons. The summed E-state index contributed by atoms with van der Waals surface area (Å²) in [6, 6.07) is 3.99. The van der Waals surface area contributed by atoms with Crippen molar-refractivity contribution in [3.63, 3.8) is 0 Å².